The van der Waals surface area contributed by atoms with E-state index in [4.69, 9.17) is 4.74 Å². The van der Waals surface area contributed by atoms with Gasteiger partial charge in [0.15, 0.2) is 0 Å². The number of hydrogen-bond acceptors (Lipinski definition) is 4. The third-order valence-corrected chi connectivity index (χ3v) is 3.99. The molecule has 1 N–H and O–H groups in total. The fraction of sp³-hybridized carbons (Fsp3) is 0.625. The van der Waals surface area contributed by atoms with Gasteiger partial charge in [-0.3, -0.25) is 4.79 Å². The molecule has 1 aliphatic rings. The molecule has 0 atom stereocenters. The largest absolute Gasteiger partial charge is 0.459 e. The lowest BCUT2D eigenvalue weighted by molar-refractivity contribution is 0.0376. The monoisotopic (exact) mass is 307 g/mol. The summed E-state index contributed by atoms with van der Waals surface area (Å²) in [6.07, 6.45) is -0.182. The van der Waals surface area contributed by atoms with Crippen LogP contribution in [-0.4, -0.2) is 66.0 Å². The Morgan fingerprint density at radius 3 is 2.27 bits per heavy atom. The van der Waals surface area contributed by atoms with Crippen molar-refractivity contribution >= 4 is 11.9 Å². The Morgan fingerprint density at radius 1 is 1.14 bits per heavy atom. The van der Waals surface area contributed by atoms with Gasteiger partial charge in [-0.05, 0) is 40.3 Å². The van der Waals surface area contributed by atoms with Crippen LogP contribution in [0.4, 0.5) is 0 Å². The van der Waals surface area contributed by atoms with Gasteiger partial charge in [-0.2, -0.15) is 0 Å². The van der Waals surface area contributed by atoms with Crippen LogP contribution in [0, 0.1) is 13.8 Å². The molecule has 1 saturated heterocycles. The van der Waals surface area contributed by atoms with E-state index in [0.29, 0.717) is 35.6 Å². The van der Waals surface area contributed by atoms with E-state index in [1.807, 2.05) is 25.8 Å². The first kappa shape index (κ1) is 16.5. The Hall–Kier alpha value is -1.82. The lowest BCUT2D eigenvalue weighted by atomic mass is 10.1. The third-order valence-electron chi connectivity index (χ3n) is 3.99. The Labute approximate surface area is 131 Å². The Balaban J connectivity index is 2.22. The van der Waals surface area contributed by atoms with Crippen molar-refractivity contribution in [2.75, 3.05) is 33.2 Å². The average molecular weight is 307 g/mol. The van der Waals surface area contributed by atoms with E-state index in [2.05, 4.69) is 9.88 Å². The minimum absolute atomic E-state index is 0.0442. The summed E-state index contributed by atoms with van der Waals surface area (Å²) in [5.41, 5.74) is 2.33. The van der Waals surface area contributed by atoms with Crippen molar-refractivity contribution in [3.05, 3.63) is 22.5 Å². The number of H-pyrrole nitrogens is 1. The van der Waals surface area contributed by atoms with Gasteiger partial charge in [0.25, 0.3) is 5.91 Å². The number of nitrogens with zero attached hydrogens (tertiary/aromatic N) is 2. The number of rotatable bonds is 3. The molecular weight excluding hydrogens is 282 g/mol. The number of aromatic amines is 1. The highest BCUT2D eigenvalue weighted by molar-refractivity contribution is 6.00. The third kappa shape index (κ3) is 3.32. The Bertz CT molecular complexity index is 569. The number of piperazine rings is 1. The summed E-state index contributed by atoms with van der Waals surface area (Å²) in [7, 11) is 2.05. The maximum Gasteiger partial charge on any atom is 0.340 e. The molecular formula is C16H25N3O3. The molecule has 0 aromatic carbocycles. The molecule has 6 nitrogen and oxygen atoms in total. The predicted octanol–water partition coefficient (Wildman–Crippen LogP) is 1.58. The zero-order valence-electron chi connectivity index (χ0n) is 14.0. The van der Waals surface area contributed by atoms with Gasteiger partial charge < -0.3 is 19.5 Å². The van der Waals surface area contributed by atoms with Gasteiger partial charge in [0.1, 0.15) is 5.69 Å². The maximum atomic E-state index is 12.7. The number of carbonyl (C=O) groups excluding carboxylic acids is 2. The quantitative estimate of drug-likeness (QED) is 0.861. The topological polar surface area (TPSA) is 65.6 Å². The fourth-order valence-corrected chi connectivity index (χ4v) is 2.71. The van der Waals surface area contributed by atoms with Crippen molar-refractivity contribution in [3.8, 4) is 0 Å². The molecule has 2 rings (SSSR count). The van der Waals surface area contributed by atoms with Gasteiger partial charge in [0, 0.05) is 31.9 Å². The molecule has 1 aromatic rings. The van der Waals surface area contributed by atoms with Gasteiger partial charge in [-0.15, -0.1) is 0 Å². The van der Waals surface area contributed by atoms with E-state index in [9.17, 15) is 9.59 Å². The number of amides is 1. The number of carbonyl (C=O) groups is 2. The molecule has 0 radical (unpaired) electrons. The molecule has 0 unspecified atom stereocenters. The molecule has 0 bridgehead atoms. The van der Waals surface area contributed by atoms with E-state index >= 15 is 0 Å². The summed E-state index contributed by atoms with van der Waals surface area (Å²) < 4.78 is 5.26. The van der Waals surface area contributed by atoms with E-state index < -0.39 is 0 Å². The van der Waals surface area contributed by atoms with Gasteiger partial charge in [0.2, 0.25) is 0 Å². The number of aromatic nitrogens is 1. The second-order valence-electron chi connectivity index (χ2n) is 6.17. The maximum absolute atomic E-state index is 12.7. The summed E-state index contributed by atoms with van der Waals surface area (Å²) in [6.45, 7) is 10.4. The zero-order chi connectivity index (χ0) is 16.4. The van der Waals surface area contributed by atoms with Crippen LogP contribution in [0.1, 0.15) is 46.0 Å². The summed E-state index contributed by atoms with van der Waals surface area (Å²) in [5.74, 6) is -0.420. The van der Waals surface area contributed by atoms with Crippen molar-refractivity contribution in [2.45, 2.75) is 33.8 Å². The van der Waals surface area contributed by atoms with Crippen LogP contribution in [0.5, 0.6) is 0 Å². The van der Waals surface area contributed by atoms with Crippen LogP contribution in [0.15, 0.2) is 0 Å². The first-order chi connectivity index (χ1) is 10.3. The SMILES string of the molecule is Cc1[nH]c(C(=O)N2CCN(C)CC2)c(C)c1C(=O)OC(C)C. The van der Waals surface area contributed by atoms with Crippen molar-refractivity contribution in [1.82, 2.24) is 14.8 Å². The lowest BCUT2D eigenvalue weighted by Crippen LogP contribution is -2.47. The summed E-state index contributed by atoms with van der Waals surface area (Å²) in [6, 6.07) is 0. The number of likely N-dealkylation sites (N-methyl/N-ethyl adjacent to an activating group) is 1. The molecule has 0 aliphatic carbocycles. The summed E-state index contributed by atoms with van der Waals surface area (Å²) in [4.78, 5) is 31.9. The smallest absolute Gasteiger partial charge is 0.340 e. The van der Waals surface area contributed by atoms with Gasteiger partial charge >= 0.3 is 5.97 Å². The van der Waals surface area contributed by atoms with E-state index in [-0.39, 0.29) is 18.0 Å². The number of nitrogens with one attached hydrogen (secondary N) is 1. The van der Waals surface area contributed by atoms with Crippen LogP contribution in [0.25, 0.3) is 0 Å². The second kappa shape index (κ2) is 6.52. The van der Waals surface area contributed by atoms with Gasteiger partial charge in [-0.1, -0.05) is 0 Å². The molecule has 0 saturated carbocycles. The molecule has 0 spiro atoms. The number of aryl methyl sites for hydroxylation is 1. The van der Waals surface area contributed by atoms with Crippen LogP contribution in [0.3, 0.4) is 0 Å². The molecule has 1 amide bonds. The highest BCUT2D eigenvalue weighted by Gasteiger charge is 2.27. The van der Waals surface area contributed by atoms with Gasteiger partial charge in [0.05, 0.1) is 11.7 Å². The van der Waals surface area contributed by atoms with Crippen LogP contribution >= 0.6 is 0 Å². The van der Waals surface area contributed by atoms with Crippen LogP contribution in [-0.2, 0) is 4.74 Å². The number of esters is 1. The molecule has 1 fully saturated rings. The van der Waals surface area contributed by atoms with Crippen molar-refractivity contribution in [3.63, 3.8) is 0 Å². The highest BCUT2D eigenvalue weighted by Crippen LogP contribution is 2.21. The van der Waals surface area contributed by atoms with E-state index in [1.54, 1.807) is 13.8 Å². The fourth-order valence-electron chi connectivity index (χ4n) is 2.71. The van der Waals surface area contributed by atoms with Crippen LogP contribution in [0.2, 0.25) is 0 Å². The number of hydrogen-bond donors (Lipinski definition) is 1. The molecule has 2 heterocycles. The molecule has 1 aromatic heterocycles. The Morgan fingerprint density at radius 2 is 1.73 bits per heavy atom. The molecule has 122 valence electrons. The van der Waals surface area contributed by atoms with Crippen LogP contribution < -0.4 is 0 Å². The predicted molar refractivity (Wildman–Crippen MR) is 84.2 cm³/mol. The first-order valence-corrected chi connectivity index (χ1v) is 7.69. The molecule has 22 heavy (non-hydrogen) atoms. The standard InChI is InChI=1S/C16H25N3O3/c1-10(2)22-16(21)13-11(3)14(17-12(13)4)15(20)19-8-6-18(5)7-9-19/h10,17H,6-9H2,1-5H3. The minimum atomic E-state index is -0.376. The number of ether oxygens (including phenoxy) is 1. The first-order valence-electron chi connectivity index (χ1n) is 7.69. The van der Waals surface area contributed by atoms with Crippen molar-refractivity contribution < 1.29 is 14.3 Å². The minimum Gasteiger partial charge on any atom is -0.459 e. The van der Waals surface area contributed by atoms with Gasteiger partial charge in [-0.25, -0.2) is 4.79 Å². The summed E-state index contributed by atoms with van der Waals surface area (Å²) in [5, 5.41) is 0. The summed E-state index contributed by atoms with van der Waals surface area (Å²) >= 11 is 0. The molecule has 6 heteroatoms. The Kier molecular flexibility index (Phi) is 4.90. The van der Waals surface area contributed by atoms with Crippen molar-refractivity contribution in [1.29, 1.82) is 0 Å². The lowest BCUT2D eigenvalue weighted by Gasteiger charge is -2.32. The van der Waals surface area contributed by atoms with E-state index in [0.717, 1.165) is 13.1 Å². The zero-order valence-corrected chi connectivity index (χ0v) is 14.0. The molecule has 1 aliphatic heterocycles. The van der Waals surface area contributed by atoms with E-state index in [1.165, 1.54) is 0 Å². The highest BCUT2D eigenvalue weighted by atomic mass is 16.5. The van der Waals surface area contributed by atoms with Crippen molar-refractivity contribution in [2.24, 2.45) is 0 Å². The second-order valence-corrected chi connectivity index (χ2v) is 6.17. The average Bonchev–Trinajstić information content (AvgIpc) is 2.73. The normalized spacial score (nSPS) is 16.2.